The van der Waals surface area contributed by atoms with Gasteiger partial charge in [-0.2, -0.15) is 0 Å². The summed E-state index contributed by atoms with van der Waals surface area (Å²) in [5.74, 6) is 0. The molecule has 0 aliphatic carbocycles. The Balaban J connectivity index is 3.30. The summed E-state index contributed by atoms with van der Waals surface area (Å²) in [6.07, 6.45) is 0. The average molecular weight is 336 g/mol. The molecule has 0 atom stereocenters. The predicted octanol–water partition coefficient (Wildman–Crippen LogP) is 6.50. The lowest BCUT2D eigenvalue weighted by atomic mass is 10.2. The van der Waals surface area contributed by atoms with Gasteiger partial charge in [0, 0.05) is 6.54 Å². The van der Waals surface area contributed by atoms with Crippen molar-refractivity contribution in [1.82, 2.24) is 4.23 Å². The third kappa shape index (κ3) is 3.92. The fourth-order valence-electron chi connectivity index (χ4n) is 4.25. The average Bonchev–Trinajstić information content (AvgIpc) is 2.59. The third-order valence-electron chi connectivity index (χ3n) is 6.28. The van der Waals surface area contributed by atoms with E-state index in [0.29, 0.717) is 0 Å². The van der Waals surface area contributed by atoms with Gasteiger partial charge in [0.1, 0.15) is 16.5 Å². The minimum Gasteiger partial charge on any atom is -0.341 e. The smallest absolute Gasteiger partial charge is 0.121 e. The van der Waals surface area contributed by atoms with Gasteiger partial charge in [-0.1, -0.05) is 71.9 Å². The largest absolute Gasteiger partial charge is 0.341 e. The van der Waals surface area contributed by atoms with Crippen LogP contribution in [0.25, 0.3) is 0 Å². The maximum atomic E-state index is 3.15. The summed E-state index contributed by atoms with van der Waals surface area (Å²) >= 11 is 0. The maximum absolute atomic E-state index is 3.15. The van der Waals surface area contributed by atoms with Crippen LogP contribution in [0.5, 0.6) is 0 Å². The van der Waals surface area contributed by atoms with Crippen LogP contribution in [0.3, 0.4) is 0 Å². The Kier molecular flexibility index (Phi) is 8.08. The molecule has 0 bridgehead atoms. The number of rotatable bonds is 10. The van der Waals surface area contributed by atoms with Crippen molar-refractivity contribution in [3.05, 3.63) is 35.9 Å². The van der Waals surface area contributed by atoms with Gasteiger partial charge in [0.25, 0.3) is 0 Å². The van der Waals surface area contributed by atoms with Gasteiger partial charge in [-0.25, -0.2) is 0 Å². The van der Waals surface area contributed by atoms with Crippen molar-refractivity contribution in [2.75, 3.05) is 0 Å². The molecular formula is C19H37NSi2. The van der Waals surface area contributed by atoms with Crippen LogP contribution in [-0.4, -0.2) is 20.7 Å². The number of hydrogen-bond acceptors (Lipinski definition) is 1. The van der Waals surface area contributed by atoms with Crippen molar-refractivity contribution in [3.8, 4) is 0 Å². The number of hydrogen-bond donors (Lipinski definition) is 0. The van der Waals surface area contributed by atoms with E-state index in [9.17, 15) is 0 Å². The van der Waals surface area contributed by atoms with Gasteiger partial charge < -0.3 is 4.23 Å². The fourth-order valence-corrected chi connectivity index (χ4v) is 17.4. The molecule has 3 heteroatoms. The first-order valence-electron chi connectivity index (χ1n) is 9.39. The lowest BCUT2D eigenvalue weighted by Gasteiger charge is -2.52. The lowest BCUT2D eigenvalue weighted by Crippen LogP contribution is -2.65. The molecule has 0 heterocycles. The van der Waals surface area contributed by atoms with E-state index < -0.39 is 16.5 Å². The Morgan fingerprint density at radius 1 is 0.636 bits per heavy atom. The van der Waals surface area contributed by atoms with Crippen molar-refractivity contribution < 1.29 is 0 Å². The molecular weight excluding hydrogens is 298 g/mol. The molecule has 0 saturated carbocycles. The van der Waals surface area contributed by atoms with Crippen LogP contribution in [0.1, 0.15) is 47.1 Å². The van der Waals surface area contributed by atoms with Crippen LogP contribution in [0.2, 0.25) is 36.3 Å². The third-order valence-corrected chi connectivity index (χ3v) is 19.6. The molecule has 126 valence electrons. The zero-order chi connectivity index (χ0) is 16.6. The summed E-state index contributed by atoms with van der Waals surface area (Å²) < 4.78 is 3.15. The molecule has 0 spiro atoms. The first-order valence-corrected chi connectivity index (χ1v) is 14.5. The standard InChI is InChI=1S/C19H37NSi2/c1-7-21(8-2,9-3)20(22(10-4,11-5)12-6)18-19-16-14-13-15-17-19/h13-17H,7-12,18H2,1-6H3. The molecule has 0 fully saturated rings. The highest BCUT2D eigenvalue weighted by molar-refractivity contribution is 6.92. The van der Waals surface area contributed by atoms with Crippen LogP contribution in [0.4, 0.5) is 0 Å². The van der Waals surface area contributed by atoms with Crippen molar-refractivity contribution in [1.29, 1.82) is 0 Å². The van der Waals surface area contributed by atoms with E-state index in [1.54, 1.807) is 0 Å². The second kappa shape index (κ2) is 9.04. The first kappa shape index (κ1) is 19.7. The van der Waals surface area contributed by atoms with E-state index in [-0.39, 0.29) is 0 Å². The molecule has 22 heavy (non-hydrogen) atoms. The predicted molar refractivity (Wildman–Crippen MR) is 106 cm³/mol. The molecule has 0 saturated heterocycles. The highest BCUT2D eigenvalue weighted by Crippen LogP contribution is 2.37. The normalized spacial score (nSPS) is 12.9. The van der Waals surface area contributed by atoms with Crippen LogP contribution >= 0.6 is 0 Å². The van der Waals surface area contributed by atoms with Gasteiger partial charge >= 0.3 is 0 Å². The second-order valence-electron chi connectivity index (χ2n) is 6.64. The molecule has 0 unspecified atom stereocenters. The molecule has 1 aromatic carbocycles. The number of benzene rings is 1. The Bertz CT molecular complexity index is 374. The van der Waals surface area contributed by atoms with E-state index in [1.807, 2.05) is 0 Å². The monoisotopic (exact) mass is 335 g/mol. The van der Waals surface area contributed by atoms with Gasteiger partial charge in [0.15, 0.2) is 0 Å². The van der Waals surface area contributed by atoms with Crippen LogP contribution < -0.4 is 0 Å². The van der Waals surface area contributed by atoms with Crippen molar-refractivity contribution in [2.45, 2.75) is 84.4 Å². The van der Waals surface area contributed by atoms with Gasteiger partial charge in [0.05, 0.1) is 0 Å². The zero-order valence-electron chi connectivity index (χ0n) is 15.8. The van der Waals surface area contributed by atoms with Gasteiger partial charge in [-0.15, -0.1) is 0 Å². The van der Waals surface area contributed by atoms with Crippen LogP contribution in [-0.2, 0) is 6.54 Å². The molecule has 0 aliphatic heterocycles. The summed E-state index contributed by atoms with van der Waals surface area (Å²) in [4.78, 5) is 0. The van der Waals surface area contributed by atoms with E-state index in [0.717, 1.165) is 0 Å². The van der Waals surface area contributed by atoms with Crippen molar-refractivity contribution in [2.24, 2.45) is 0 Å². The zero-order valence-corrected chi connectivity index (χ0v) is 17.8. The lowest BCUT2D eigenvalue weighted by molar-refractivity contribution is 0.571. The van der Waals surface area contributed by atoms with E-state index >= 15 is 0 Å². The fraction of sp³-hybridized carbons (Fsp3) is 0.684. The summed E-state index contributed by atoms with van der Waals surface area (Å²) in [6, 6.07) is 19.6. The molecule has 0 radical (unpaired) electrons. The Morgan fingerprint density at radius 3 is 1.32 bits per heavy atom. The Morgan fingerprint density at radius 2 is 1.00 bits per heavy atom. The highest BCUT2D eigenvalue weighted by atomic mass is 28.4. The maximum Gasteiger partial charge on any atom is 0.121 e. The van der Waals surface area contributed by atoms with Crippen LogP contribution in [0, 0.1) is 0 Å². The SMILES string of the molecule is CC[Si](CC)(CC)N(Cc1ccccc1)[Si](CC)(CC)CC. The van der Waals surface area contributed by atoms with Crippen LogP contribution in [0.15, 0.2) is 30.3 Å². The Labute approximate surface area is 141 Å². The topological polar surface area (TPSA) is 3.24 Å². The molecule has 1 nitrogen and oxygen atoms in total. The quantitative estimate of drug-likeness (QED) is 0.441. The molecule has 0 aromatic heterocycles. The summed E-state index contributed by atoms with van der Waals surface area (Å²) in [5, 5.41) is 0. The summed E-state index contributed by atoms with van der Waals surface area (Å²) in [7, 11) is -2.67. The molecule has 1 rings (SSSR count). The van der Waals surface area contributed by atoms with E-state index in [4.69, 9.17) is 0 Å². The van der Waals surface area contributed by atoms with Gasteiger partial charge in [-0.05, 0) is 41.8 Å². The van der Waals surface area contributed by atoms with E-state index in [1.165, 1.54) is 48.4 Å². The first-order chi connectivity index (χ1) is 10.6. The molecule has 0 aliphatic rings. The van der Waals surface area contributed by atoms with Crippen molar-refractivity contribution >= 4 is 16.5 Å². The molecule has 0 amide bonds. The Hall–Kier alpha value is -0.386. The van der Waals surface area contributed by atoms with E-state index in [2.05, 4.69) is 76.1 Å². The minimum absolute atomic E-state index is 1.20. The summed E-state index contributed by atoms with van der Waals surface area (Å²) in [6.45, 7) is 15.9. The summed E-state index contributed by atoms with van der Waals surface area (Å²) in [5.41, 5.74) is 1.52. The number of nitrogens with zero attached hydrogens (tertiary/aromatic N) is 1. The van der Waals surface area contributed by atoms with Gasteiger partial charge in [0.2, 0.25) is 0 Å². The van der Waals surface area contributed by atoms with Gasteiger partial charge in [-0.3, -0.25) is 0 Å². The minimum atomic E-state index is -1.33. The van der Waals surface area contributed by atoms with Crippen molar-refractivity contribution in [3.63, 3.8) is 0 Å². The molecule has 0 N–H and O–H groups in total. The molecule has 1 aromatic rings. The second-order valence-corrected chi connectivity index (χ2v) is 17.3. The highest BCUT2D eigenvalue weighted by Gasteiger charge is 2.45.